The van der Waals surface area contributed by atoms with Crippen molar-refractivity contribution < 1.29 is 14.8 Å². The number of carbonyl (C=O) groups excluding carboxylic acids is 1. The summed E-state index contributed by atoms with van der Waals surface area (Å²) in [5.41, 5.74) is 0.820. The van der Waals surface area contributed by atoms with Gasteiger partial charge in [-0.2, -0.15) is 0 Å². The van der Waals surface area contributed by atoms with Crippen molar-refractivity contribution in [3.63, 3.8) is 0 Å². The number of non-ortho nitro benzene ring substituents is 1. The number of amides is 1. The van der Waals surface area contributed by atoms with E-state index in [9.17, 15) is 20.0 Å². The number of nitrogens with zero attached hydrogens (tertiary/aromatic N) is 2. The molecular weight excluding hydrogens is 298 g/mol. The van der Waals surface area contributed by atoms with E-state index in [1.807, 2.05) is 0 Å². The van der Waals surface area contributed by atoms with E-state index in [4.69, 9.17) is 0 Å². The maximum atomic E-state index is 12.5. The second kappa shape index (κ2) is 6.16. The minimum Gasteiger partial charge on any atom is -0.396 e. The summed E-state index contributed by atoms with van der Waals surface area (Å²) in [5.74, 6) is -0.310. The zero-order chi connectivity index (χ0) is 16.4. The number of benzene rings is 1. The lowest BCUT2D eigenvalue weighted by Crippen LogP contribution is -2.33. The summed E-state index contributed by atoms with van der Waals surface area (Å²) in [4.78, 5) is 25.2. The van der Waals surface area contributed by atoms with Gasteiger partial charge in [0.2, 0.25) is 0 Å². The van der Waals surface area contributed by atoms with Crippen LogP contribution in [-0.2, 0) is 0 Å². The molecule has 0 unspecified atom stereocenters. The third-order valence-electron chi connectivity index (χ3n) is 4.80. The third kappa shape index (κ3) is 3.29. The van der Waals surface area contributed by atoms with Crippen molar-refractivity contribution >= 4 is 17.3 Å². The number of rotatable bonds is 6. The van der Waals surface area contributed by atoms with Gasteiger partial charge in [-0.25, -0.2) is 0 Å². The summed E-state index contributed by atoms with van der Waals surface area (Å²) < 4.78 is 0. The lowest BCUT2D eigenvalue weighted by Gasteiger charge is -2.21. The van der Waals surface area contributed by atoms with E-state index in [0.717, 1.165) is 44.5 Å². The summed E-state index contributed by atoms with van der Waals surface area (Å²) in [7, 11) is 0. The summed E-state index contributed by atoms with van der Waals surface area (Å²) in [6, 6.07) is 4.46. The molecule has 124 valence electrons. The molecule has 0 bridgehead atoms. The van der Waals surface area contributed by atoms with Crippen LogP contribution in [0.15, 0.2) is 18.2 Å². The van der Waals surface area contributed by atoms with Gasteiger partial charge in [0.15, 0.2) is 0 Å². The largest absolute Gasteiger partial charge is 0.396 e. The van der Waals surface area contributed by atoms with Gasteiger partial charge in [0.25, 0.3) is 11.6 Å². The molecule has 1 aliphatic heterocycles. The van der Waals surface area contributed by atoms with Crippen molar-refractivity contribution in [2.24, 2.45) is 5.41 Å². The molecule has 0 spiro atoms. The Morgan fingerprint density at radius 1 is 1.35 bits per heavy atom. The van der Waals surface area contributed by atoms with Crippen LogP contribution >= 0.6 is 0 Å². The topological polar surface area (TPSA) is 95.7 Å². The monoisotopic (exact) mass is 319 g/mol. The third-order valence-corrected chi connectivity index (χ3v) is 4.80. The van der Waals surface area contributed by atoms with Crippen molar-refractivity contribution in [3.8, 4) is 0 Å². The van der Waals surface area contributed by atoms with E-state index in [1.165, 1.54) is 12.1 Å². The number of aliphatic hydroxyl groups excluding tert-OH is 1. The van der Waals surface area contributed by atoms with Crippen LogP contribution in [0.25, 0.3) is 0 Å². The van der Waals surface area contributed by atoms with Crippen LogP contribution in [0.2, 0.25) is 0 Å². The van der Waals surface area contributed by atoms with Crippen molar-refractivity contribution in [3.05, 3.63) is 33.9 Å². The molecule has 1 saturated carbocycles. The van der Waals surface area contributed by atoms with Gasteiger partial charge in [-0.1, -0.05) is 0 Å². The standard InChI is InChI=1S/C16H21N3O4/c20-11-16(5-6-16)10-17-15(21)13-9-12(19(22)23)3-4-14(13)18-7-1-2-8-18/h3-4,9,20H,1-2,5-8,10-11H2,(H,17,21). The molecule has 3 rings (SSSR count). The second-order valence-electron chi connectivity index (χ2n) is 6.49. The van der Waals surface area contributed by atoms with Gasteiger partial charge in [0.05, 0.1) is 22.8 Å². The molecule has 23 heavy (non-hydrogen) atoms. The van der Waals surface area contributed by atoms with Crippen molar-refractivity contribution in [1.82, 2.24) is 5.32 Å². The van der Waals surface area contributed by atoms with Crippen LogP contribution in [0.3, 0.4) is 0 Å². The molecular formula is C16H21N3O4. The predicted molar refractivity (Wildman–Crippen MR) is 85.6 cm³/mol. The molecule has 2 aliphatic rings. The van der Waals surface area contributed by atoms with Crippen molar-refractivity contribution in [1.29, 1.82) is 0 Å². The molecule has 0 radical (unpaired) electrons. The van der Waals surface area contributed by atoms with Gasteiger partial charge in [-0.3, -0.25) is 14.9 Å². The maximum Gasteiger partial charge on any atom is 0.270 e. The van der Waals surface area contributed by atoms with Gasteiger partial charge in [-0.05, 0) is 31.7 Å². The molecule has 1 aromatic carbocycles. The molecule has 1 aliphatic carbocycles. The number of anilines is 1. The molecule has 7 heteroatoms. The predicted octanol–water partition coefficient (Wildman–Crippen LogP) is 1.70. The SMILES string of the molecule is O=C(NCC1(CO)CC1)c1cc([N+](=O)[O-])ccc1N1CCCC1. The molecule has 2 fully saturated rings. The van der Waals surface area contributed by atoms with E-state index in [2.05, 4.69) is 10.2 Å². The fourth-order valence-electron chi connectivity index (χ4n) is 2.98. The van der Waals surface area contributed by atoms with Crippen molar-refractivity contribution in [2.75, 3.05) is 31.1 Å². The lowest BCUT2D eigenvalue weighted by atomic mass is 10.1. The molecule has 1 amide bonds. The van der Waals surface area contributed by atoms with Gasteiger partial charge in [0, 0.05) is 37.2 Å². The molecule has 1 saturated heterocycles. The normalized spacial score (nSPS) is 18.7. The Hall–Kier alpha value is -2.15. The highest BCUT2D eigenvalue weighted by molar-refractivity contribution is 6.00. The summed E-state index contributed by atoms with van der Waals surface area (Å²) >= 11 is 0. The number of hydrogen-bond donors (Lipinski definition) is 2. The van der Waals surface area contributed by atoms with Gasteiger partial charge in [0.1, 0.15) is 0 Å². The number of nitrogens with one attached hydrogen (secondary N) is 1. The smallest absolute Gasteiger partial charge is 0.270 e. The van der Waals surface area contributed by atoms with Crippen LogP contribution in [0, 0.1) is 15.5 Å². The minimum atomic E-state index is -0.485. The number of carbonyl (C=O) groups is 1. The van der Waals surface area contributed by atoms with E-state index >= 15 is 0 Å². The van der Waals surface area contributed by atoms with E-state index in [-0.39, 0.29) is 23.6 Å². The van der Waals surface area contributed by atoms with E-state index in [1.54, 1.807) is 6.07 Å². The molecule has 0 aromatic heterocycles. The van der Waals surface area contributed by atoms with Crippen LogP contribution in [0.5, 0.6) is 0 Å². The molecule has 1 heterocycles. The fourth-order valence-corrected chi connectivity index (χ4v) is 2.98. The quantitative estimate of drug-likeness (QED) is 0.614. The number of aliphatic hydroxyl groups is 1. The number of hydrogen-bond acceptors (Lipinski definition) is 5. The maximum absolute atomic E-state index is 12.5. The summed E-state index contributed by atoms with van der Waals surface area (Å²) in [6.45, 7) is 2.18. The first-order valence-corrected chi connectivity index (χ1v) is 7.97. The Balaban J connectivity index is 1.83. The Labute approximate surface area is 134 Å². The minimum absolute atomic E-state index is 0.0567. The van der Waals surface area contributed by atoms with Gasteiger partial charge < -0.3 is 15.3 Å². The first-order valence-electron chi connectivity index (χ1n) is 7.97. The summed E-state index contributed by atoms with van der Waals surface area (Å²) in [6.07, 6.45) is 3.92. The number of nitro benzene ring substituents is 1. The van der Waals surface area contributed by atoms with Crippen LogP contribution in [0.4, 0.5) is 11.4 Å². The van der Waals surface area contributed by atoms with E-state index in [0.29, 0.717) is 12.1 Å². The van der Waals surface area contributed by atoms with Crippen LogP contribution in [-0.4, -0.2) is 42.2 Å². The first-order chi connectivity index (χ1) is 11.0. The Morgan fingerprint density at radius 3 is 2.61 bits per heavy atom. The van der Waals surface area contributed by atoms with Crippen LogP contribution in [0.1, 0.15) is 36.0 Å². The Kier molecular flexibility index (Phi) is 4.21. The van der Waals surface area contributed by atoms with Crippen molar-refractivity contribution in [2.45, 2.75) is 25.7 Å². The summed E-state index contributed by atoms with van der Waals surface area (Å²) in [5, 5.41) is 23.2. The average molecular weight is 319 g/mol. The van der Waals surface area contributed by atoms with Gasteiger partial charge >= 0.3 is 0 Å². The molecule has 2 N–H and O–H groups in total. The molecule has 0 atom stereocenters. The highest BCUT2D eigenvalue weighted by Gasteiger charge is 2.42. The highest BCUT2D eigenvalue weighted by Crippen LogP contribution is 2.44. The second-order valence-corrected chi connectivity index (χ2v) is 6.49. The molecule has 1 aromatic rings. The zero-order valence-corrected chi connectivity index (χ0v) is 13.0. The lowest BCUT2D eigenvalue weighted by molar-refractivity contribution is -0.384. The fraction of sp³-hybridized carbons (Fsp3) is 0.562. The average Bonchev–Trinajstić information content (AvgIpc) is 3.14. The Morgan fingerprint density at radius 2 is 2.04 bits per heavy atom. The van der Waals surface area contributed by atoms with Crippen LogP contribution < -0.4 is 10.2 Å². The number of nitro groups is 1. The zero-order valence-electron chi connectivity index (χ0n) is 13.0. The van der Waals surface area contributed by atoms with Gasteiger partial charge in [-0.15, -0.1) is 0 Å². The van der Waals surface area contributed by atoms with E-state index < -0.39 is 4.92 Å². The molecule has 7 nitrogen and oxygen atoms in total. The Bertz CT molecular complexity index is 622. The highest BCUT2D eigenvalue weighted by atomic mass is 16.6. The first kappa shape index (κ1) is 15.7.